The zero-order valence-electron chi connectivity index (χ0n) is 18.8. The first-order chi connectivity index (χ1) is 17.1. The Bertz CT molecular complexity index is 1290. The number of thioether (sulfide) groups is 1. The fourth-order valence-electron chi connectivity index (χ4n) is 3.03. The molecule has 0 aliphatic rings. The van der Waals surface area contributed by atoms with Crippen LogP contribution in [0.1, 0.15) is 11.1 Å². The van der Waals surface area contributed by atoms with E-state index in [1.807, 2.05) is 66.0 Å². The van der Waals surface area contributed by atoms with E-state index in [1.54, 1.807) is 25.5 Å². The van der Waals surface area contributed by atoms with Crippen molar-refractivity contribution in [2.45, 2.75) is 10.9 Å². The van der Waals surface area contributed by atoms with Crippen LogP contribution in [0.25, 0.3) is 11.3 Å². The summed E-state index contributed by atoms with van der Waals surface area (Å²) in [5.74, 6) is 1.19. The van der Waals surface area contributed by atoms with Gasteiger partial charge in [-0.1, -0.05) is 65.8 Å². The van der Waals surface area contributed by atoms with Gasteiger partial charge in [0.2, 0.25) is 0 Å². The Morgan fingerprint density at radius 2 is 1.91 bits per heavy atom. The van der Waals surface area contributed by atoms with Crippen LogP contribution in [-0.4, -0.2) is 30.0 Å². The second kappa shape index (κ2) is 12.4. The molecule has 35 heavy (non-hydrogen) atoms. The van der Waals surface area contributed by atoms with Crippen molar-refractivity contribution in [1.29, 1.82) is 0 Å². The first-order valence-corrected chi connectivity index (χ1v) is 12.9. The molecule has 1 aromatic heterocycles. The van der Waals surface area contributed by atoms with Crippen LogP contribution in [0.5, 0.6) is 11.5 Å². The Morgan fingerprint density at radius 3 is 2.69 bits per heavy atom. The van der Waals surface area contributed by atoms with Crippen LogP contribution in [0.3, 0.4) is 0 Å². The molecular formula is C26H22ClN3O3S2. The number of nitrogens with zero attached hydrogens (tertiary/aromatic N) is 2. The van der Waals surface area contributed by atoms with Gasteiger partial charge in [-0.3, -0.25) is 4.79 Å². The third-order valence-electron chi connectivity index (χ3n) is 4.78. The molecular weight excluding hydrogens is 502 g/mol. The van der Waals surface area contributed by atoms with E-state index in [0.717, 1.165) is 26.7 Å². The van der Waals surface area contributed by atoms with Crippen LogP contribution in [-0.2, 0) is 11.4 Å². The largest absolute Gasteiger partial charge is 0.493 e. The van der Waals surface area contributed by atoms with Crippen molar-refractivity contribution >= 4 is 46.8 Å². The summed E-state index contributed by atoms with van der Waals surface area (Å²) in [7, 11) is 1.58. The predicted molar refractivity (Wildman–Crippen MR) is 143 cm³/mol. The standard InChI is InChI=1S/C26H22ClN3O3S2/c1-32-24-13-19(9-12-23(24)33-15-18-7-10-21(27)11-8-18)14-28-30-25(31)17-35-26-29-22(16-34-26)20-5-3-2-4-6-20/h2-14,16H,15,17H2,1H3,(H,30,31)/b28-14+. The Hall–Kier alpha value is -3.33. The minimum Gasteiger partial charge on any atom is -0.493 e. The molecule has 0 atom stereocenters. The number of thiazole rings is 1. The van der Waals surface area contributed by atoms with Gasteiger partial charge in [0.05, 0.1) is 24.8 Å². The molecule has 1 amide bonds. The number of aromatic nitrogens is 1. The average molecular weight is 524 g/mol. The van der Waals surface area contributed by atoms with Crippen LogP contribution in [0.4, 0.5) is 0 Å². The zero-order chi connectivity index (χ0) is 24.5. The van der Waals surface area contributed by atoms with Gasteiger partial charge in [-0.25, -0.2) is 10.4 Å². The zero-order valence-corrected chi connectivity index (χ0v) is 21.2. The molecule has 1 N–H and O–H groups in total. The minimum absolute atomic E-state index is 0.211. The van der Waals surface area contributed by atoms with Crippen LogP contribution in [0, 0.1) is 0 Å². The number of amides is 1. The molecule has 0 radical (unpaired) electrons. The molecule has 0 aliphatic heterocycles. The lowest BCUT2D eigenvalue weighted by Crippen LogP contribution is -2.19. The molecule has 3 aromatic carbocycles. The molecule has 0 saturated carbocycles. The monoisotopic (exact) mass is 523 g/mol. The van der Waals surface area contributed by atoms with E-state index in [0.29, 0.717) is 23.1 Å². The Balaban J connectivity index is 1.26. The number of carbonyl (C=O) groups is 1. The number of methoxy groups -OCH3 is 1. The maximum absolute atomic E-state index is 12.2. The van der Waals surface area contributed by atoms with Crippen LogP contribution in [0.15, 0.2) is 87.6 Å². The second-order valence-electron chi connectivity index (χ2n) is 7.27. The Kier molecular flexibility index (Phi) is 8.78. The van der Waals surface area contributed by atoms with Crippen molar-refractivity contribution in [1.82, 2.24) is 10.4 Å². The fraction of sp³-hybridized carbons (Fsp3) is 0.115. The lowest BCUT2D eigenvalue weighted by Gasteiger charge is -2.11. The van der Waals surface area contributed by atoms with Crippen LogP contribution < -0.4 is 14.9 Å². The Labute approximate surface area is 217 Å². The summed E-state index contributed by atoms with van der Waals surface area (Å²) in [5.41, 5.74) is 6.27. The molecule has 4 aromatic rings. The normalized spacial score (nSPS) is 10.9. The van der Waals surface area contributed by atoms with Gasteiger partial charge in [0.15, 0.2) is 15.8 Å². The van der Waals surface area contributed by atoms with E-state index in [2.05, 4.69) is 15.5 Å². The third kappa shape index (κ3) is 7.32. The second-order valence-corrected chi connectivity index (χ2v) is 9.79. The number of hydrazone groups is 1. The summed E-state index contributed by atoms with van der Waals surface area (Å²) in [6.45, 7) is 0.390. The smallest absolute Gasteiger partial charge is 0.250 e. The highest BCUT2D eigenvalue weighted by molar-refractivity contribution is 8.01. The molecule has 0 fully saturated rings. The molecule has 178 valence electrons. The fourth-order valence-corrected chi connectivity index (χ4v) is 4.78. The third-order valence-corrected chi connectivity index (χ3v) is 7.05. The number of carbonyl (C=O) groups excluding carboxylic acids is 1. The number of hydrogen-bond acceptors (Lipinski definition) is 7. The van der Waals surface area contributed by atoms with Gasteiger partial charge in [0, 0.05) is 16.0 Å². The predicted octanol–water partition coefficient (Wildman–Crippen LogP) is 6.29. The topological polar surface area (TPSA) is 72.8 Å². The first-order valence-electron chi connectivity index (χ1n) is 10.6. The van der Waals surface area contributed by atoms with Crippen molar-refractivity contribution in [3.05, 3.63) is 94.3 Å². The average Bonchev–Trinajstić information content (AvgIpc) is 3.37. The highest BCUT2D eigenvalue weighted by Crippen LogP contribution is 2.29. The van der Waals surface area contributed by atoms with Gasteiger partial charge in [-0.2, -0.15) is 5.10 Å². The number of benzene rings is 3. The molecule has 0 saturated heterocycles. The Morgan fingerprint density at radius 1 is 1.11 bits per heavy atom. The van der Waals surface area contributed by atoms with E-state index >= 15 is 0 Å². The molecule has 0 bridgehead atoms. The number of hydrogen-bond donors (Lipinski definition) is 1. The molecule has 1 heterocycles. The summed E-state index contributed by atoms with van der Waals surface area (Å²) < 4.78 is 12.1. The van der Waals surface area contributed by atoms with Gasteiger partial charge in [-0.05, 0) is 41.5 Å². The van der Waals surface area contributed by atoms with Crippen molar-refractivity contribution in [3.8, 4) is 22.8 Å². The van der Waals surface area contributed by atoms with E-state index < -0.39 is 0 Å². The molecule has 6 nitrogen and oxygen atoms in total. The lowest BCUT2D eigenvalue weighted by molar-refractivity contribution is -0.118. The van der Waals surface area contributed by atoms with Crippen molar-refractivity contribution in [2.75, 3.05) is 12.9 Å². The van der Waals surface area contributed by atoms with E-state index in [4.69, 9.17) is 21.1 Å². The number of halogens is 1. The first kappa shape index (κ1) is 24.8. The van der Waals surface area contributed by atoms with E-state index in [-0.39, 0.29) is 11.7 Å². The van der Waals surface area contributed by atoms with Crippen LogP contribution >= 0.6 is 34.7 Å². The molecule has 0 aliphatic carbocycles. The highest BCUT2D eigenvalue weighted by atomic mass is 35.5. The number of nitrogens with one attached hydrogen (secondary N) is 1. The highest BCUT2D eigenvalue weighted by Gasteiger charge is 2.08. The lowest BCUT2D eigenvalue weighted by atomic mass is 10.2. The number of ether oxygens (including phenoxy) is 2. The summed E-state index contributed by atoms with van der Waals surface area (Å²) in [6, 6.07) is 22.9. The van der Waals surface area contributed by atoms with Gasteiger partial charge >= 0.3 is 0 Å². The minimum atomic E-state index is -0.211. The summed E-state index contributed by atoms with van der Waals surface area (Å²) in [6.07, 6.45) is 1.56. The maximum Gasteiger partial charge on any atom is 0.250 e. The maximum atomic E-state index is 12.2. The van der Waals surface area contributed by atoms with Gasteiger partial charge in [0.25, 0.3) is 5.91 Å². The molecule has 0 spiro atoms. The van der Waals surface area contributed by atoms with Crippen molar-refractivity contribution in [3.63, 3.8) is 0 Å². The number of rotatable bonds is 10. The summed E-state index contributed by atoms with van der Waals surface area (Å²) >= 11 is 8.82. The van der Waals surface area contributed by atoms with Gasteiger partial charge < -0.3 is 9.47 Å². The molecule has 9 heteroatoms. The molecule has 0 unspecified atom stereocenters. The summed E-state index contributed by atoms with van der Waals surface area (Å²) in [4.78, 5) is 16.8. The van der Waals surface area contributed by atoms with Gasteiger partial charge in [-0.15, -0.1) is 11.3 Å². The van der Waals surface area contributed by atoms with Crippen LogP contribution in [0.2, 0.25) is 5.02 Å². The van der Waals surface area contributed by atoms with Crippen molar-refractivity contribution < 1.29 is 14.3 Å². The SMILES string of the molecule is COc1cc(/C=N/NC(=O)CSc2nc(-c3ccccc3)cs2)ccc1OCc1ccc(Cl)cc1. The van der Waals surface area contributed by atoms with E-state index in [1.165, 1.54) is 23.1 Å². The van der Waals surface area contributed by atoms with Gasteiger partial charge in [0.1, 0.15) is 6.61 Å². The summed E-state index contributed by atoms with van der Waals surface area (Å²) in [5, 5.41) is 6.72. The quantitative estimate of drug-likeness (QED) is 0.150. The van der Waals surface area contributed by atoms with Crippen molar-refractivity contribution in [2.24, 2.45) is 5.10 Å². The molecule has 4 rings (SSSR count). The van der Waals surface area contributed by atoms with E-state index in [9.17, 15) is 4.79 Å².